The van der Waals surface area contributed by atoms with Gasteiger partial charge in [-0.25, -0.2) is 0 Å². The molecule has 0 aromatic heterocycles. The van der Waals surface area contributed by atoms with Gasteiger partial charge in [-0.1, -0.05) is 42.5 Å². The van der Waals surface area contributed by atoms with Gasteiger partial charge in [0.15, 0.2) is 0 Å². The molecule has 0 saturated carbocycles. The van der Waals surface area contributed by atoms with Gasteiger partial charge in [-0.05, 0) is 44.9 Å². The Morgan fingerprint density at radius 2 is 1.88 bits per heavy atom. The maximum atomic E-state index is 6.86. The molecule has 3 atom stereocenters. The third kappa shape index (κ3) is 3.13. The predicted octanol–water partition coefficient (Wildman–Crippen LogP) is 2.62. The summed E-state index contributed by atoms with van der Waals surface area (Å²) in [4.78, 5) is 0. The van der Waals surface area contributed by atoms with Crippen molar-refractivity contribution >= 4 is 14.0 Å². The molecule has 4 saturated heterocycles. The zero-order valence-corrected chi connectivity index (χ0v) is 16.3. The van der Waals surface area contributed by atoms with E-state index in [0.29, 0.717) is 17.9 Å². The minimum atomic E-state index is -2.90. The van der Waals surface area contributed by atoms with E-state index >= 15 is 0 Å². The van der Waals surface area contributed by atoms with Crippen LogP contribution in [0, 0.1) is 11.8 Å². The lowest BCUT2D eigenvalue weighted by molar-refractivity contribution is -0.117. The van der Waals surface area contributed by atoms with Crippen molar-refractivity contribution in [2.45, 2.75) is 44.8 Å². The van der Waals surface area contributed by atoms with E-state index in [1.807, 2.05) is 18.2 Å². The van der Waals surface area contributed by atoms with Gasteiger partial charge in [0.25, 0.3) is 0 Å². The minimum Gasteiger partial charge on any atom is -0.370 e. The highest BCUT2D eigenvalue weighted by Crippen LogP contribution is 2.44. The molecular weight excluding hydrogens is 330 g/mol. The van der Waals surface area contributed by atoms with Crippen molar-refractivity contribution in [3.05, 3.63) is 42.5 Å². The van der Waals surface area contributed by atoms with E-state index in [2.05, 4.69) is 37.9 Å². The van der Waals surface area contributed by atoms with Gasteiger partial charge in [-0.3, -0.25) is 0 Å². The van der Waals surface area contributed by atoms with Gasteiger partial charge < -0.3 is 18.6 Å². The van der Waals surface area contributed by atoms with Crippen LogP contribution in [0.2, 0.25) is 0 Å². The van der Waals surface area contributed by atoms with Crippen LogP contribution in [0.3, 0.4) is 0 Å². The first-order chi connectivity index (χ1) is 12.0. The second-order valence-electron chi connectivity index (χ2n) is 7.99. The first-order valence-corrected chi connectivity index (χ1v) is 11.2. The summed E-state index contributed by atoms with van der Waals surface area (Å²) in [5.74, 6) is 1.09. The Balaban J connectivity index is 1.72. The highest BCUT2D eigenvalue weighted by atomic mass is 28.4. The van der Waals surface area contributed by atoms with Crippen LogP contribution >= 0.6 is 0 Å². The van der Waals surface area contributed by atoms with Crippen molar-refractivity contribution in [2.24, 2.45) is 11.8 Å². The summed E-state index contributed by atoms with van der Waals surface area (Å²) in [7, 11) is -2.90. The molecule has 1 aromatic rings. The predicted molar refractivity (Wildman–Crippen MR) is 101 cm³/mol. The fourth-order valence-electron chi connectivity index (χ4n) is 4.73. The zero-order valence-electron chi connectivity index (χ0n) is 15.3. The summed E-state index contributed by atoms with van der Waals surface area (Å²) in [6.45, 7) is 10.8. The number of rotatable bonds is 2. The molecule has 0 aliphatic carbocycles. The fourth-order valence-corrected chi connectivity index (χ4v) is 7.60. The Morgan fingerprint density at radius 1 is 1.20 bits per heavy atom. The normalized spacial score (nSPS) is 41.3. The molecule has 2 bridgehead atoms. The Hall–Kier alpha value is -0.983. The molecule has 4 heterocycles. The molecule has 4 nitrogen and oxygen atoms in total. The van der Waals surface area contributed by atoms with Crippen LogP contribution in [0.1, 0.15) is 33.1 Å². The van der Waals surface area contributed by atoms with Crippen LogP contribution < -0.4 is 10.5 Å². The van der Waals surface area contributed by atoms with Crippen molar-refractivity contribution in [3.63, 3.8) is 0 Å². The van der Waals surface area contributed by atoms with E-state index in [0.717, 1.165) is 44.2 Å². The van der Waals surface area contributed by atoms with Crippen molar-refractivity contribution in [2.75, 3.05) is 19.8 Å². The molecule has 0 unspecified atom stereocenters. The molecule has 1 aromatic carbocycles. The monoisotopic (exact) mass is 359 g/mol. The summed E-state index contributed by atoms with van der Waals surface area (Å²) in [5, 5.41) is 4.73. The van der Waals surface area contributed by atoms with Crippen LogP contribution in [0.25, 0.3) is 0 Å². The molecule has 0 amide bonds. The molecule has 0 spiro atoms. The number of piperidine rings is 1. The number of hydrogen-bond acceptors (Lipinski definition) is 4. The number of fused-ring (bicyclic) bond motifs is 4. The van der Waals surface area contributed by atoms with Crippen molar-refractivity contribution in [1.29, 1.82) is 0 Å². The van der Waals surface area contributed by atoms with Crippen molar-refractivity contribution in [3.8, 4) is 0 Å². The summed E-state index contributed by atoms with van der Waals surface area (Å²) >= 11 is 0. The Labute approximate surface area is 151 Å². The first-order valence-electron chi connectivity index (χ1n) is 9.45. The maximum absolute atomic E-state index is 6.86. The van der Waals surface area contributed by atoms with Crippen LogP contribution in [-0.2, 0) is 13.3 Å². The Morgan fingerprint density at radius 3 is 2.52 bits per heavy atom. The third-order valence-electron chi connectivity index (χ3n) is 6.19. The molecule has 5 heteroatoms. The molecule has 4 fully saturated rings. The van der Waals surface area contributed by atoms with E-state index in [-0.39, 0.29) is 5.60 Å². The van der Waals surface area contributed by atoms with Crippen LogP contribution in [0.15, 0.2) is 42.5 Å². The van der Waals surface area contributed by atoms with Gasteiger partial charge in [0, 0.05) is 31.0 Å². The lowest BCUT2D eigenvalue weighted by Gasteiger charge is -2.54. The fraction of sp³-hybridized carbons (Fsp3) is 0.600. The largest absolute Gasteiger partial charge is 0.537 e. The quantitative estimate of drug-likeness (QED) is 0.651. The average Bonchev–Trinajstić information content (AvgIpc) is 2.56. The molecule has 1 N–H and O–H groups in total. The molecular formula is C20H29NO3Si. The SMILES string of the molecule is C=C(C)[C@@H]1C[C@@H]2C3CCO[Si](c4ccccc4)(OCC3)O[C@@]2(C)CN1. The van der Waals surface area contributed by atoms with Crippen LogP contribution in [-0.4, -0.2) is 40.2 Å². The minimum absolute atomic E-state index is 0.264. The van der Waals surface area contributed by atoms with Crippen molar-refractivity contribution in [1.82, 2.24) is 5.32 Å². The van der Waals surface area contributed by atoms with Gasteiger partial charge in [0.2, 0.25) is 0 Å². The summed E-state index contributed by atoms with van der Waals surface area (Å²) in [5.41, 5.74) is 0.957. The van der Waals surface area contributed by atoms with Gasteiger partial charge in [0.05, 0.1) is 5.60 Å². The molecule has 136 valence electrons. The molecule has 25 heavy (non-hydrogen) atoms. The second-order valence-corrected chi connectivity index (χ2v) is 10.5. The van der Waals surface area contributed by atoms with E-state index in [1.54, 1.807) is 0 Å². The first kappa shape index (κ1) is 17.4. The zero-order chi connectivity index (χ0) is 17.5. The van der Waals surface area contributed by atoms with Gasteiger partial charge in [-0.2, -0.15) is 0 Å². The Bertz CT molecular complexity index is 627. The van der Waals surface area contributed by atoms with E-state index in [4.69, 9.17) is 13.3 Å². The lowest BCUT2D eigenvalue weighted by atomic mass is 9.70. The van der Waals surface area contributed by atoms with Crippen molar-refractivity contribution < 1.29 is 13.3 Å². The number of hydrogen-bond donors (Lipinski definition) is 1. The van der Waals surface area contributed by atoms with Crippen LogP contribution in [0.4, 0.5) is 0 Å². The molecule has 4 aliphatic heterocycles. The van der Waals surface area contributed by atoms with Gasteiger partial charge in [0.1, 0.15) is 0 Å². The number of benzene rings is 1. The van der Waals surface area contributed by atoms with Gasteiger partial charge in [-0.15, -0.1) is 0 Å². The standard InChI is InChI=1S/C20H29NO3Si/c1-15(2)19-13-18-16-9-11-22-25(23-12-10-16,17-7-5-4-6-8-17)24-20(18,3)14-21-19/h4-8,16,18-19,21H,1,9-14H2,2-3H3/t16?,18-,19+,20+,25?/m1/s1. The summed E-state index contributed by atoms with van der Waals surface area (Å²) in [6, 6.07) is 10.7. The van der Waals surface area contributed by atoms with E-state index in [1.165, 1.54) is 5.57 Å². The average molecular weight is 360 g/mol. The highest BCUT2D eigenvalue weighted by molar-refractivity contribution is 6.75. The topological polar surface area (TPSA) is 39.7 Å². The van der Waals surface area contributed by atoms with Crippen LogP contribution in [0.5, 0.6) is 0 Å². The van der Waals surface area contributed by atoms with E-state index in [9.17, 15) is 0 Å². The maximum Gasteiger partial charge on any atom is 0.537 e. The third-order valence-corrected chi connectivity index (χ3v) is 9.14. The number of nitrogens with one attached hydrogen (secondary N) is 1. The molecule has 4 aliphatic rings. The molecule has 5 rings (SSSR count). The second kappa shape index (κ2) is 6.63. The molecule has 0 radical (unpaired) electrons. The summed E-state index contributed by atoms with van der Waals surface area (Å²) in [6.07, 6.45) is 3.28. The Kier molecular flexibility index (Phi) is 4.62. The van der Waals surface area contributed by atoms with E-state index < -0.39 is 8.80 Å². The summed E-state index contributed by atoms with van der Waals surface area (Å²) < 4.78 is 19.6. The smallest absolute Gasteiger partial charge is 0.370 e. The lowest BCUT2D eigenvalue weighted by Crippen LogP contribution is -2.69. The van der Waals surface area contributed by atoms with Gasteiger partial charge >= 0.3 is 8.80 Å². The highest BCUT2D eigenvalue weighted by Gasteiger charge is 2.57.